The van der Waals surface area contributed by atoms with Crippen LogP contribution in [0.25, 0.3) is 0 Å². The monoisotopic (exact) mass is 289 g/mol. The normalized spacial score (nSPS) is 10.2. The first-order valence-corrected chi connectivity index (χ1v) is 6.03. The van der Waals surface area contributed by atoms with Crippen LogP contribution in [0.1, 0.15) is 26.3 Å². The highest BCUT2D eigenvalue weighted by Crippen LogP contribution is 2.22. The van der Waals surface area contributed by atoms with Crippen LogP contribution in [-0.4, -0.2) is 22.1 Å². The average molecular weight is 289 g/mol. The Balaban J connectivity index is 2.28. The van der Waals surface area contributed by atoms with Crippen LogP contribution in [-0.2, 0) is 0 Å². The molecule has 0 atom stereocenters. The molecule has 6 heteroatoms. The number of halogens is 1. The number of carbonyl (C=O) groups is 2. The number of hydrogen-bond acceptors (Lipinski definition) is 3. The molecule has 108 valence electrons. The molecule has 0 saturated heterocycles. The quantitative estimate of drug-likeness (QED) is 0.811. The molecule has 0 aliphatic heterocycles. The number of benzene rings is 2. The maximum atomic E-state index is 13.6. The van der Waals surface area contributed by atoms with Gasteiger partial charge in [-0.1, -0.05) is 6.07 Å². The van der Waals surface area contributed by atoms with Gasteiger partial charge in [-0.3, -0.25) is 4.79 Å². The Morgan fingerprint density at radius 2 is 1.90 bits per heavy atom. The Morgan fingerprint density at radius 1 is 1.19 bits per heavy atom. The summed E-state index contributed by atoms with van der Waals surface area (Å²) in [6.07, 6.45) is 0. The van der Waals surface area contributed by atoms with Crippen molar-refractivity contribution in [1.29, 1.82) is 0 Å². The first kappa shape index (κ1) is 14.5. The van der Waals surface area contributed by atoms with Gasteiger partial charge in [0.1, 0.15) is 17.1 Å². The van der Waals surface area contributed by atoms with E-state index in [1.54, 1.807) is 6.92 Å². The molecule has 5 nitrogen and oxygen atoms in total. The van der Waals surface area contributed by atoms with Crippen molar-refractivity contribution in [3.8, 4) is 5.75 Å². The molecule has 2 aromatic rings. The van der Waals surface area contributed by atoms with E-state index in [-0.39, 0.29) is 5.56 Å². The van der Waals surface area contributed by atoms with Crippen LogP contribution in [0.4, 0.5) is 10.1 Å². The molecule has 0 bridgehead atoms. The molecule has 0 unspecified atom stereocenters. The Labute approximate surface area is 119 Å². The predicted octanol–water partition coefficient (Wildman–Crippen LogP) is 2.79. The van der Waals surface area contributed by atoms with Crippen molar-refractivity contribution in [2.75, 3.05) is 5.32 Å². The van der Waals surface area contributed by atoms with Gasteiger partial charge >= 0.3 is 5.97 Å². The number of aryl methyl sites for hydroxylation is 1. The molecule has 0 aliphatic rings. The lowest BCUT2D eigenvalue weighted by Crippen LogP contribution is -2.14. The first-order chi connectivity index (χ1) is 9.90. The van der Waals surface area contributed by atoms with Crippen LogP contribution >= 0.6 is 0 Å². The summed E-state index contributed by atoms with van der Waals surface area (Å²) in [7, 11) is 0. The number of carboxylic acid groups (broad SMARTS) is 1. The van der Waals surface area contributed by atoms with Gasteiger partial charge in [0.25, 0.3) is 5.91 Å². The molecule has 0 aliphatic carbocycles. The summed E-state index contributed by atoms with van der Waals surface area (Å²) in [5.41, 5.74) is 0.419. The van der Waals surface area contributed by atoms with Gasteiger partial charge < -0.3 is 15.5 Å². The number of phenolic OH excluding ortho intramolecular Hbond substituents is 1. The van der Waals surface area contributed by atoms with Gasteiger partial charge in [-0.05, 0) is 42.8 Å². The Kier molecular flexibility index (Phi) is 3.89. The number of rotatable bonds is 3. The largest absolute Gasteiger partial charge is 0.507 e. The minimum atomic E-state index is -1.07. The molecule has 2 rings (SSSR count). The molecular weight excluding hydrogens is 277 g/mol. The lowest BCUT2D eigenvalue weighted by atomic mass is 10.1. The zero-order chi connectivity index (χ0) is 15.6. The zero-order valence-corrected chi connectivity index (χ0v) is 11.1. The number of aromatic hydroxyl groups is 1. The number of aromatic carboxylic acids is 1. The molecule has 0 spiro atoms. The Hall–Kier alpha value is -2.89. The summed E-state index contributed by atoms with van der Waals surface area (Å²) in [5.74, 6) is -3.19. The number of anilines is 1. The second-order valence-corrected chi connectivity index (χ2v) is 4.42. The van der Waals surface area contributed by atoms with E-state index in [0.29, 0.717) is 11.3 Å². The number of nitrogens with one attached hydrogen (secondary N) is 1. The third kappa shape index (κ3) is 3.00. The van der Waals surface area contributed by atoms with Gasteiger partial charge in [0.2, 0.25) is 0 Å². The summed E-state index contributed by atoms with van der Waals surface area (Å²) in [6, 6.07) is 7.75. The number of carbonyl (C=O) groups excluding carboxylic acids is 1. The SMILES string of the molecule is Cc1cc(NC(=O)c2c(O)cccc2F)ccc1C(=O)O. The van der Waals surface area contributed by atoms with Crippen molar-refractivity contribution in [3.05, 3.63) is 58.9 Å². The molecular formula is C15H12FNO4. The fourth-order valence-electron chi connectivity index (χ4n) is 1.91. The van der Waals surface area contributed by atoms with Gasteiger partial charge in [0.15, 0.2) is 0 Å². The highest BCUT2D eigenvalue weighted by molar-refractivity contribution is 6.06. The molecule has 0 fully saturated rings. The Morgan fingerprint density at radius 3 is 2.48 bits per heavy atom. The average Bonchev–Trinajstić information content (AvgIpc) is 2.37. The van der Waals surface area contributed by atoms with Gasteiger partial charge in [0.05, 0.1) is 5.56 Å². The number of carboxylic acids is 1. The van der Waals surface area contributed by atoms with Crippen molar-refractivity contribution in [3.63, 3.8) is 0 Å². The highest BCUT2D eigenvalue weighted by atomic mass is 19.1. The van der Waals surface area contributed by atoms with Crippen molar-refractivity contribution in [1.82, 2.24) is 0 Å². The standard InChI is InChI=1S/C15H12FNO4/c1-8-7-9(5-6-10(8)15(20)21)17-14(19)13-11(16)3-2-4-12(13)18/h2-7,18H,1H3,(H,17,19)(H,20,21). The topological polar surface area (TPSA) is 86.6 Å². The first-order valence-electron chi connectivity index (χ1n) is 6.03. The number of amides is 1. The van der Waals surface area contributed by atoms with E-state index in [0.717, 1.165) is 6.07 Å². The van der Waals surface area contributed by atoms with Crippen molar-refractivity contribution in [2.24, 2.45) is 0 Å². The lowest BCUT2D eigenvalue weighted by molar-refractivity contribution is 0.0696. The van der Waals surface area contributed by atoms with E-state index in [1.807, 2.05) is 0 Å². The van der Waals surface area contributed by atoms with Gasteiger partial charge in [-0.2, -0.15) is 0 Å². The van der Waals surface area contributed by atoms with E-state index in [1.165, 1.54) is 30.3 Å². The van der Waals surface area contributed by atoms with Crippen LogP contribution in [0.15, 0.2) is 36.4 Å². The molecule has 21 heavy (non-hydrogen) atoms. The van der Waals surface area contributed by atoms with E-state index >= 15 is 0 Å². The Bertz CT molecular complexity index is 707. The van der Waals surface area contributed by atoms with Crippen LogP contribution in [0.2, 0.25) is 0 Å². The summed E-state index contributed by atoms with van der Waals surface area (Å²) >= 11 is 0. The van der Waals surface area contributed by atoms with Crippen LogP contribution < -0.4 is 5.32 Å². The summed E-state index contributed by atoms with van der Waals surface area (Å²) in [6.45, 7) is 1.58. The van der Waals surface area contributed by atoms with E-state index in [4.69, 9.17) is 5.11 Å². The molecule has 0 aromatic heterocycles. The molecule has 3 N–H and O–H groups in total. The van der Waals surface area contributed by atoms with E-state index in [9.17, 15) is 19.1 Å². The van der Waals surface area contributed by atoms with Crippen LogP contribution in [0.3, 0.4) is 0 Å². The van der Waals surface area contributed by atoms with E-state index < -0.39 is 29.0 Å². The predicted molar refractivity (Wildman–Crippen MR) is 74.2 cm³/mol. The third-order valence-electron chi connectivity index (χ3n) is 2.93. The fourth-order valence-corrected chi connectivity index (χ4v) is 1.91. The smallest absolute Gasteiger partial charge is 0.335 e. The zero-order valence-electron chi connectivity index (χ0n) is 11.1. The summed E-state index contributed by atoms with van der Waals surface area (Å²) in [4.78, 5) is 22.9. The van der Waals surface area contributed by atoms with Crippen molar-refractivity contribution in [2.45, 2.75) is 6.92 Å². The molecule has 0 radical (unpaired) electrons. The lowest BCUT2D eigenvalue weighted by Gasteiger charge is -2.09. The molecule has 0 heterocycles. The maximum absolute atomic E-state index is 13.6. The number of phenols is 1. The minimum absolute atomic E-state index is 0.113. The van der Waals surface area contributed by atoms with Gasteiger partial charge in [-0.15, -0.1) is 0 Å². The van der Waals surface area contributed by atoms with Crippen LogP contribution in [0.5, 0.6) is 5.75 Å². The van der Waals surface area contributed by atoms with Crippen molar-refractivity contribution >= 4 is 17.6 Å². The van der Waals surface area contributed by atoms with E-state index in [2.05, 4.69) is 5.32 Å². The molecule has 2 aromatic carbocycles. The van der Waals surface area contributed by atoms with Crippen molar-refractivity contribution < 1.29 is 24.2 Å². The summed E-state index contributed by atoms with van der Waals surface area (Å²) in [5, 5.41) is 20.9. The maximum Gasteiger partial charge on any atom is 0.335 e. The molecule has 1 amide bonds. The number of hydrogen-bond donors (Lipinski definition) is 3. The second-order valence-electron chi connectivity index (χ2n) is 4.42. The molecule has 0 saturated carbocycles. The fraction of sp³-hybridized carbons (Fsp3) is 0.0667. The minimum Gasteiger partial charge on any atom is -0.507 e. The summed E-state index contributed by atoms with van der Waals surface area (Å²) < 4.78 is 13.6. The van der Waals surface area contributed by atoms with Gasteiger partial charge in [0, 0.05) is 5.69 Å². The van der Waals surface area contributed by atoms with Crippen LogP contribution in [0, 0.1) is 12.7 Å². The highest BCUT2D eigenvalue weighted by Gasteiger charge is 2.17. The van der Waals surface area contributed by atoms with Gasteiger partial charge in [-0.25, -0.2) is 9.18 Å². The third-order valence-corrected chi connectivity index (χ3v) is 2.93. The second kappa shape index (κ2) is 5.62.